The second kappa shape index (κ2) is 8.65. The number of carbonyl (C=O) groups excluding carboxylic acids is 1. The third kappa shape index (κ3) is 3.86. The standard InChI is InChI=1S/C28H26ClN3O2/c1-16(2)19-8-10-20(11-9-19)27-24-25(22-14-21(29)12-13-23(22)33)30-31-26(24)28(34)32(27)15-18-6-4-17(3)5-7-18/h4-14,16,27,33H,15H2,1-3H3,(H,30,31). The Morgan fingerprint density at radius 3 is 2.44 bits per heavy atom. The lowest BCUT2D eigenvalue weighted by Crippen LogP contribution is -2.29. The van der Waals surface area contributed by atoms with E-state index in [4.69, 9.17) is 11.6 Å². The van der Waals surface area contributed by atoms with Gasteiger partial charge in [-0.05, 0) is 47.7 Å². The van der Waals surface area contributed by atoms with Gasteiger partial charge in [-0.1, -0.05) is 79.5 Å². The molecule has 1 aliphatic rings. The maximum Gasteiger partial charge on any atom is 0.273 e. The molecule has 6 heteroatoms. The first-order valence-electron chi connectivity index (χ1n) is 11.4. The summed E-state index contributed by atoms with van der Waals surface area (Å²) in [7, 11) is 0. The number of hydrogen-bond acceptors (Lipinski definition) is 3. The van der Waals surface area contributed by atoms with Crippen molar-refractivity contribution in [3.05, 3.63) is 105 Å². The molecule has 5 rings (SSSR count). The summed E-state index contributed by atoms with van der Waals surface area (Å²) in [5, 5.41) is 18.4. The van der Waals surface area contributed by atoms with E-state index in [9.17, 15) is 9.90 Å². The summed E-state index contributed by atoms with van der Waals surface area (Å²) in [6, 6.07) is 21.1. The van der Waals surface area contributed by atoms with Gasteiger partial charge in [0.05, 0.1) is 6.04 Å². The van der Waals surface area contributed by atoms with Gasteiger partial charge in [0.2, 0.25) is 0 Å². The van der Waals surface area contributed by atoms with Gasteiger partial charge in [0.15, 0.2) is 0 Å². The Morgan fingerprint density at radius 2 is 1.76 bits per heavy atom. The number of aryl methyl sites for hydroxylation is 1. The molecule has 5 nitrogen and oxygen atoms in total. The van der Waals surface area contributed by atoms with E-state index in [1.807, 2.05) is 11.8 Å². The summed E-state index contributed by atoms with van der Waals surface area (Å²) in [5.74, 6) is 0.359. The van der Waals surface area contributed by atoms with Gasteiger partial charge in [0.1, 0.15) is 17.1 Å². The molecular formula is C28H26ClN3O2. The summed E-state index contributed by atoms with van der Waals surface area (Å²) < 4.78 is 0. The summed E-state index contributed by atoms with van der Waals surface area (Å²) in [6.45, 7) is 6.82. The van der Waals surface area contributed by atoms with E-state index in [2.05, 4.69) is 72.6 Å². The van der Waals surface area contributed by atoms with Crippen molar-refractivity contribution >= 4 is 17.5 Å². The molecule has 0 bridgehead atoms. The first-order valence-corrected chi connectivity index (χ1v) is 11.7. The van der Waals surface area contributed by atoms with Crippen LogP contribution in [0.3, 0.4) is 0 Å². The van der Waals surface area contributed by atoms with Crippen LogP contribution in [0.25, 0.3) is 11.3 Å². The van der Waals surface area contributed by atoms with Gasteiger partial charge < -0.3 is 10.0 Å². The second-order valence-electron chi connectivity index (χ2n) is 9.16. The molecule has 1 unspecified atom stereocenters. The van der Waals surface area contributed by atoms with Crippen molar-refractivity contribution in [3.8, 4) is 17.0 Å². The van der Waals surface area contributed by atoms with E-state index in [1.165, 1.54) is 11.1 Å². The van der Waals surface area contributed by atoms with Gasteiger partial charge in [-0.15, -0.1) is 0 Å². The number of nitrogens with zero attached hydrogens (tertiary/aromatic N) is 2. The van der Waals surface area contributed by atoms with Crippen molar-refractivity contribution < 1.29 is 9.90 Å². The molecule has 1 atom stereocenters. The largest absolute Gasteiger partial charge is 0.507 e. The van der Waals surface area contributed by atoms with Crippen molar-refractivity contribution in [2.75, 3.05) is 0 Å². The predicted molar refractivity (Wildman–Crippen MR) is 134 cm³/mol. The molecule has 0 spiro atoms. The number of amides is 1. The molecule has 1 aromatic heterocycles. The normalized spacial score (nSPS) is 15.3. The number of hydrogen-bond donors (Lipinski definition) is 2. The van der Waals surface area contributed by atoms with Gasteiger partial charge in [-0.2, -0.15) is 5.10 Å². The third-order valence-electron chi connectivity index (χ3n) is 6.47. The van der Waals surface area contributed by atoms with E-state index < -0.39 is 0 Å². The Labute approximate surface area is 204 Å². The molecule has 34 heavy (non-hydrogen) atoms. The number of halogens is 1. The fourth-order valence-corrected chi connectivity index (χ4v) is 4.74. The number of H-pyrrole nitrogens is 1. The molecule has 1 amide bonds. The molecule has 0 fully saturated rings. The van der Waals surface area contributed by atoms with Gasteiger partial charge in [-0.25, -0.2) is 0 Å². The highest BCUT2D eigenvalue weighted by molar-refractivity contribution is 6.31. The number of phenols is 1. The molecule has 3 aromatic carbocycles. The topological polar surface area (TPSA) is 69.2 Å². The maximum atomic E-state index is 13.6. The average molecular weight is 472 g/mol. The molecule has 2 heterocycles. The van der Waals surface area contributed by atoms with Crippen molar-refractivity contribution in [3.63, 3.8) is 0 Å². The zero-order valence-corrected chi connectivity index (χ0v) is 20.1. The monoisotopic (exact) mass is 471 g/mol. The lowest BCUT2D eigenvalue weighted by Gasteiger charge is -2.27. The van der Waals surface area contributed by atoms with Crippen molar-refractivity contribution in [2.24, 2.45) is 0 Å². The molecule has 2 N–H and O–H groups in total. The highest BCUT2D eigenvalue weighted by Gasteiger charge is 2.42. The molecular weight excluding hydrogens is 446 g/mol. The number of nitrogens with one attached hydrogen (secondary N) is 1. The Balaban J connectivity index is 1.65. The summed E-state index contributed by atoms with van der Waals surface area (Å²) >= 11 is 6.24. The average Bonchev–Trinajstić information content (AvgIpc) is 3.36. The number of rotatable bonds is 5. The Morgan fingerprint density at radius 1 is 1.06 bits per heavy atom. The van der Waals surface area contributed by atoms with Crippen LogP contribution in [0.15, 0.2) is 66.7 Å². The zero-order valence-electron chi connectivity index (χ0n) is 19.3. The van der Waals surface area contributed by atoms with Gasteiger partial charge in [0, 0.05) is 22.7 Å². The predicted octanol–water partition coefficient (Wildman–Crippen LogP) is 6.61. The minimum absolute atomic E-state index is 0.0667. The van der Waals surface area contributed by atoms with E-state index in [0.29, 0.717) is 34.4 Å². The minimum Gasteiger partial charge on any atom is -0.507 e. The fourth-order valence-electron chi connectivity index (χ4n) is 4.56. The van der Waals surface area contributed by atoms with Gasteiger partial charge >= 0.3 is 0 Å². The number of phenolic OH excluding ortho intramolecular Hbond substituents is 1. The van der Waals surface area contributed by atoms with Crippen molar-refractivity contribution in [1.82, 2.24) is 15.1 Å². The zero-order chi connectivity index (χ0) is 24.0. The van der Waals surface area contributed by atoms with E-state index >= 15 is 0 Å². The number of benzene rings is 3. The van der Waals surface area contributed by atoms with Gasteiger partial charge in [0.25, 0.3) is 5.91 Å². The fraction of sp³-hybridized carbons (Fsp3) is 0.214. The van der Waals surface area contributed by atoms with Crippen molar-refractivity contribution in [1.29, 1.82) is 0 Å². The summed E-state index contributed by atoms with van der Waals surface area (Å²) in [4.78, 5) is 15.5. The van der Waals surface area contributed by atoms with Crippen LogP contribution in [0.1, 0.15) is 64.1 Å². The molecule has 0 aliphatic carbocycles. The molecule has 1 aliphatic heterocycles. The Hall–Kier alpha value is -3.57. The number of carbonyl (C=O) groups is 1. The van der Waals surface area contributed by atoms with Crippen LogP contribution < -0.4 is 0 Å². The van der Waals surface area contributed by atoms with E-state index in [1.54, 1.807) is 18.2 Å². The van der Waals surface area contributed by atoms with Gasteiger partial charge in [-0.3, -0.25) is 9.89 Å². The number of fused-ring (bicyclic) bond motifs is 1. The number of aromatic hydroxyl groups is 1. The van der Waals surface area contributed by atoms with Crippen LogP contribution in [0.4, 0.5) is 0 Å². The van der Waals surface area contributed by atoms with Crippen molar-refractivity contribution in [2.45, 2.75) is 39.3 Å². The third-order valence-corrected chi connectivity index (χ3v) is 6.71. The molecule has 0 radical (unpaired) electrons. The minimum atomic E-state index is -0.350. The van der Waals surface area contributed by atoms with Crippen LogP contribution in [-0.4, -0.2) is 26.1 Å². The SMILES string of the molecule is Cc1ccc(CN2C(=O)c3[nH]nc(-c4cc(Cl)ccc4O)c3C2c2ccc(C(C)C)cc2)cc1. The number of aromatic amines is 1. The second-order valence-corrected chi connectivity index (χ2v) is 9.60. The highest BCUT2D eigenvalue weighted by atomic mass is 35.5. The van der Waals surface area contributed by atoms with Crippen LogP contribution >= 0.6 is 11.6 Å². The Bertz CT molecular complexity index is 1360. The molecule has 4 aromatic rings. The lowest BCUT2D eigenvalue weighted by atomic mass is 9.93. The lowest BCUT2D eigenvalue weighted by molar-refractivity contribution is 0.0730. The smallest absolute Gasteiger partial charge is 0.273 e. The van der Waals surface area contributed by atoms with Crippen LogP contribution in [0.5, 0.6) is 5.75 Å². The van der Waals surface area contributed by atoms with Crippen LogP contribution in [0, 0.1) is 6.92 Å². The van der Waals surface area contributed by atoms with E-state index in [0.717, 1.165) is 16.7 Å². The van der Waals surface area contributed by atoms with Crippen LogP contribution in [-0.2, 0) is 6.54 Å². The maximum absolute atomic E-state index is 13.6. The first kappa shape index (κ1) is 22.2. The Kier molecular flexibility index (Phi) is 5.66. The van der Waals surface area contributed by atoms with Crippen LogP contribution in [0.2, 0.25) is 5.02 Å². The quantitative estimate of drug-likeness (QED) is 0.344. The summed E-state index contributed by atoms with van der Waals surface area (Å²) in [6.07, 6.45) is 0. The number of aromatic nitrogens is 2. The summed E-state index contributed by atoms with van der Waals surface area (Å²) in [5.41, 5.74) is 6.68. The first-order chi connectivity index (χ1) is 16.3. The van der Waals surface area contributed by atoms with E-state index in [-0.39, 0.29) is 17.7 Å². The molecule has 0 saturated heterocycles. The molecule has 172 valence electrons. The molecule has 0 saturated carbocycles. The highest BCUT2D eigenvalue weighted by Crippen LogP contribution is 2.45.